The highest BCUT2D eigenvalue weighted by atomic mass is 32.2. The monoisotopic (exact) mass is 325 g/mol. The third kappa shape index (κ3) is 1.96. The zero-order valence-corrected chi connectivity index (χ0v) is 13.9. The fraction of sp³-hybridized carbons (Fsp3) is 0.875. The number of rotatable bonds is 2. The fourth-order valence-electron chi connectivity index (χ4n) is 4.66. The molecule has 0 aromatic heterocycles. The number of nitrogens with zero attached hydrogens (tertiary/aromatic N) is 1. The molecular weight excluding hydrogens is 302 g/mol. The summed E-state index contributed by atoms with van der Waals surface area (Å²) in [6.07, 6.45) is 0.156. The summed E-state index contributed by atoms with van der Waals surface area (Å²) in [6, 6.07) is 0. The average molecular weight is 325 g/mol. The lowest BCUT2D eigenvalue weighted by Gasteiger charge is -2.30. The number of carbonyl (C=O) groups is 2. The summed E-state index contributed by atoms with van der Waals surface area (Å²) >= 11 is 1.99. The maximum atomic E-state index is 12.8. The number of carbonyl (C=O) groups excluding carboxylic acids is 1. The van der Waals surface area contributed by atoms with Crippen LogP contribution in [0.2, 0.25) is 0 Å². The molecule has 3 heterocycles. The number of carboxylic acid groups (broad SMARTS) is 1. The molecule has 6 heteroatoms. The van der Waals surface area contributed by atoms with Crippen LogP contribution in [0.15, 0.2) is 0 Å². The Labute approximate surface area is 134 Å². The molecule has 0 unspecified atom stereocenters. The Kier molecular flexibility index (Phi) is 3.12. The maximum Gasteiger partial charge on any atom is 0.307 e. The van der Waals surface area contributed by atoms with Crippen LogP contribution in [-0.2, 0) is 14.3 Å². The highest BCUT2D eigenvalue weighted by molar-refractivity contribution is 7.99. The molecule has 22 heavy (non-hydrogen) atoms. The van der Waals surface area contributed by atoms with Crippen LogP contribution >= 0.6 is 11.8 Å². The third-order valence-electron chi connectivity index (χ3n) is 6.56. The van der Waals surface area contributed by atoms with E-state index in [0.29, 0.717) is 13.0 Å². The van der Waals surface area contributed by atoms with E-state index in [1.54, 1.807) is 0 Å². The molecule has 122 valence electrons. The standard InChI is InChI=1S/C16H23NO4S/c1-15-5-17(6-16(15,2)8-22-7-15)13(18)11-3-9-10(4-21-11)12(9)14(19)20/h9-12H,3-8H2,1-2H3,(H,19,20)/t9-,10+,11-,12-,15-,16+/m0/s1. The van der Waals surface area contributed by atoms with Crippen molar-refractivity contribution in [1.29, 1.82) is 0 Å². The number of likely N-dealkylation sites (tertiary alicyclic amines) is 1. The first kappa shape index (κ1) is 14.8. The number of aliphatic carboxylic acids is 1. The molecule has 0 aromatic rings. The Morgan fingerprint density at radius 3 is 2.41 bits per heavy atom. The van der Waals surface area contributed by atoms with Crippen molar-refractivity contribution in [3.05, 3.63) is 0 Å². The van der Waals surface area contributed by atoms with Crippen LogP contribution in [0.25, 0.3) is 0 Å². The predicted molar refractivity (Wildman–Crippen MR) is 82.6 cm³/mol. The van der Waals surface area contributed by atoms with Gasteiger partial charge in [-0.15, -0.1) is 0 Å². The van der Waals surface area contributed by atoms with E-state index in [1.165, 1.54) is 0 Å². The molecule has 0 aromatic carbocycles. The lowest BCUT2D eigenvalue weighted by atomic mass is 9.71. The summed E-state index contributed by atoms with van der Waals surface area (Å²) in [4.78, 5) is 25.9. The summed E-state index contributed by atoms with van der Waals surface area (Å²) in [5.74, 6) is 1.56. The number of amides is 1. The van der Waals surface area contributed by atoms with Crippen molar-refractivity contribution in [2.45, 2.75) is 26.4 Å². The van der Waals surface area contributed by atoms with Crippen molar-refractivity contribution >= 4 is 23.6 Å². The van der Waals surface area contributed by atoms with Crippen LogP contribution in [0.1, 0.15) is 20.3 Å². The van der Waals surface area contributed by atoms with Gasteiger partial charge in [0.25, 0.3) is 5.91 Å². The van der Waals surface area contributed by atoms with Gasteiger partial charge < -0.3 is 14.7 Å². The van der Waals surface area contributed by atoms with Gasteiger partial charge in [0.2, 0.25) is 0 Å². The van der Waals surface area contributed by atoms with Crippen LogP contribution in [0.3, 0.4) is 0 Å². The number of thioether (sulfide) groups is 1. The van der Waals surface area contributed by atoms with Gasteiger partial charge in [-0.3, -0.25) is 9.59 Å². The predicted octanol–water partition coefficient (Wildman–Crippen LogP) is 1.32. The zero-order valence-electron chi connectivity index (χ0n) is 13.1. The second-order valence-corrected chi connectivity index (χ2v) is 9.04. The molecule has 4 aliphatic rings. The van der Waals surface area contributed by atoms with Gasteiger partial charge in [-0.1, -0.05) is 13.8 Å². The van der Waals surface area contributed by atoms with Gasteiger partial charge in [0.1, 0.15) is 6.10 Å². The summed E-state index contributed by atoms with van der Waals surface area (Å²) in [6.45, 7) is 6.63. The maximum absolute atomic E-state index is 12.8. The summed E-state index contributed by atoms with van der Waals surface area (Å²) in [7, 11) is 0. The van der Waals surface area contributed by atoms with Gasteiger partial charge in [0.15, 0.2) is 0 Å². The van der Waals surface area contributed by atoms with E-state index in [9.17, 15) is 9.59 Å². The molecule has 1 aliphatic carbocycles. The quantitative estimate of drug-likeness (QED) is 0.829. The Hall–Kier alpha value is -0.750. The van der Waals surface area contributed by atoms with Gasteiger partial charge in [-0.25, -0.2) is 0 Å². The number of hydrogen-bond acceptors (Lipinski definition) is 4. The molecule has 0 bridgehead atoms. The van der Waals surface area contributed by atoms with Crippen LogP contribution in [0, 0.1) is 28.6 Å². The Balaban J connectivity index is 1.43. The molecule has 1 saturated carbocycles. The lowest BCUT2D eigenvalue weighted by Crippen LogP contribution is -2.42. The molecule has 0 radical (unpaired) electrons. The average Bonchev–Trinajstić information content (AvgIpc) is 3.02. The van der Waals surface area contributed by atoms with Crippen molar-refractivity contribution in [2.75, 3.05) is 31.2 Å². The van der Waals surface area contributed by atoms with E-state index in [4.69, 9.17) is 9.84 Å². The van der Waals surface area contributed by atoms with E-state index < -0.39 is 12.1 Å². The topological polar surface area (TPSA) is 66.8 Å². The molecule has 4 fully saturated rings. The summed E-state index contributed by atoms with van der Waals surface area (Å²) in [5, 5.41) is 9.14. The molecular formula is C16H23NO4S. The van der Waals surface area contributed by atoms with Gasteiger partial charge in [-0.05, 0) is 18.3 Å². The van der Waals surface area contributed by atoms with E-state index in [0.717, 1.165) is 24.6 Å². The molecule has 4 rings (SSSR count). The molecule has 3 saturated heterocycles. The van der Waals surface area contributed by atoms with Crippen LogP contribution in [0.5, 0.6) is 0 Å². The lowest BCUT2D eigenvalue weighted by molar-refractivity contribution is -0.146. The summed E-state index contributed by atoms with van der Waals surface area (Å²) in [5.41, 5.74) is 0.404. The highest BCUT2D eigenvalue weighted by Crippen LogP contribution is 2.56. The van der Waals surface area contributed by atoms with Crippen molar-refractivity contribution in [2.24, 2.45) is 28.6 Å². The van der Waals surface area contributed by atoms with Gasteiger partial charge in [0, 0.05) is 35.4 Å². The Morgan fingerprint density at radius 2 is 1.82 bits per heavy atom. The van der Waals surface area contributed by atoms with Crippen LogP contribution < -0.4 is 0 Å². The van der Waals surface area contributed by atoms with Crippen molar-refractivity contribution in [3.63, 3.8) is 0 Å². The van der Waals surface area contributed by atoms with Crippen LogP contribution in [-0.4, -0.2) is 59.2 Å². The normalized spacial score (nSPS) is 49.6. The SMILES string of the molecule is C[C@@]12CSC[C@]1(C)CN(C(=O)[C@@H]1C[C@H]3[C@@H](CO1)[C@H]3C(=O)O)C2. The van der Waals surface area contributed by atoms with E-state index in [1.807, 2.05) is 16.7 Å². The molecule has 3 aliphatic heterocycles. The largest absolute Gasteiger partial charge is 0.481 e. The molecule has 6 atom stereocenters. The van der Waals surface area contributed by atoms with Crippen molar-refractivity contribution in [3.8, 4) is 0 Å². The number of carboxylic acids is 1. The van der Waals surface area contributed by atoms with Gasteiger partial charge in [-0.2, -0.15) is 11.8 Å². The van der Waals surface area contributed by atoms with Gasteiger partial charge in [0.05, 0.1) is 12.5 Å². The van der Waals surface area contributed by atoms with E-state index in [2.05, 4.69) is 13.8 Å². The zero-order chi connectivity index (χ0) is 15.7. The number of hydrogen-bond donors (Lipinski definition) is 1. The minimum atomic E-state index is -0.737. The number of ether oxygens (including phenoxy) is 1. The Morgan fingerprint density at radius 1 is 1.18 bits per heavy atom. The summed E-state index contributed by atoms with van der Waals surface area (Å²) < 4.78 is 5.71. The van der Waals surface area contributed by atoms with Gasteiger partial charge >= 0.3 is 5.97 Å². The first-order valence-electron chi connectivity index (χ1n) is 8.06. The minimum absolute atomic E-state index is 0.0799. The van der Waals surface area contributed by atoms with Crippen molar-refractivity contribution in [1.82, 2.24) is 4.90 Å². The second-order valence-electron chi connectivity index (χ2n) is 8.06. The molecule has 5 nitrogen and oxygen atoms in total. The van der Waals surface area contributed by atoms with Crippen LogP contribution in [0.4, 0.5) is 0 Å². The minimum Gasteiger partial charge on any atom is -0.481 e. The van der Waals surface area contributed by atoms with E-state index >= 15 is 0 Å². The third-order valence-corrected chi connectivity index (χ3v) is 8.24. The Bertz CT molecular complexity index is 522. The number of fused-ring (bicyclic) bond motifs is 2. The smallest absolute Gasteiger partial charge is 0.307 e. The first-order valence-corrected chi connectivity index (χ1v) is 9.21. The molecule has 1 amide bonds. The molecule has 1 N–H and O–H groups in total. The fourth-order valence-corrected chi connectivity index (χ4v) is 6.54. The second kappa shape index (κ2) is 4.63. The highest BCUT2D eigenvalue weighted by Gasteiger charge is 2.61. The van der Waals surface area contributed by atoms with Crippen molar-refractivity contribution < 1.29 is 19.4 Å². The first-order chi connectivity index (χ1) is 10.3. The van der Waals surface area contributed by atoms with E-state index in [-0.39, 0.29) is 34.5 Å². The molecule has 0 spiro atoms.